The third kappa shape index (κ3) is 7.15. The van der Waals surface area contributed by atoms with E-state index in [4.69, 9.17) is 0 Å². The summed E-state index contributed by atoms with van der Waals surface area (Å²) < 4.78 is 0. The third-order valence-electron chi connectivity index (χ3n) is 5.40. The van der Waals surface area contributed by atoms with Gasteiger partial charge in [-0.1, -0.05) is 85.0 Å². The Kier molecular flexibility index (Phi) is 9.82. The first-order valence-corrected chi connectivity index (χ1v) is 9.93. The van der Waals surface area contributed by atoms with E-state index in [-0.39, 0.29) is 5.41 Å². The molecule has 0 aliphatic heterocycles. The lowest BCUT2D eigenvalue weighted by Crippen LogP contribution is -2.44. The van der Waals surface area contributed by atoms with Crippen LogP contribution < -0.4 is 5.32 Å². The predicted octanol–water partition coefficient (Wildman–Crippen LogP) is 5.99. The summed E-state index contributed by atoms with van der Waals surface area (Å²) in [6.45, 7) is 6.63. The number of hydrogen-bond donors (Lipinski definition) is 1. The van der Waals surface area contributed by atoms with Crippen molar-refractivity contribution in [2.75, 3.05) is 0 Å². The average Bonchev–Trinajstić information content (AvgIpc) is 2.65. The second-order valence-electron chi connectivity index (χ2n) is 7.64. The van der Waals surface area contributed by atoms with Crippen molar-refractivity contribution in [3.8, 4) is 0 Å². The van der Waals surface area contributed by atoms with E-state index >= 15 is 0 Å². The van der Waals surface area contributed by atoms with Gasteiger partial charge in [-0.3, -0.25) is 4.79 Å². The number of rotatable bonds is 8. The molecule has 1 amide bonds. The Morgan fingerprint density at radius 2 is 1.36 bits per heavy atom. The standard InChI is InChI=1S/C20H39NO/c1-4-6-16-20(3,17-7-5-2)19(22)21-18-14-12-10-8-9-11-13-15-18/h18H,4-17H2,1-3H3,(H,21,22). The molecule has 0 aromatic rings. The van der Waals surface area contributed by atoms with Crippen molar-refractivity contribution in [2.24, 2.45) is 5.41 Å². The summed E-state index contributed by atoms with van der Waals surface area (Å²) in [5.74, 6) is 0.332. The van der Waals surface area contributed by atoms with Crippen LogP contribution in [-0.2, 0) is 4.79 Å². The van der Waals surface area contributed by atoms with Gasteiger partial charge < -0.3 is 5.32 Å². The van der Waals surface area contributed by atoms with Crippen molar-refractivity contribution >= 4 is 5.91 Å². The van der Waals surface area contributed by atoms with Crippen LogP contribution in [0.25, 0.3) is 0 Å². The molecule has 0 aromatic heterocycles. The van der Waals surface area contributed by atoms with E-state index < -0.39 is 0 Å². The maximum absolute atomic E-state index is 12.9. The third-order valence-corrected chi connectivity index (χ3v) is 5.40. The van der Waals surface area contributed by atoms with Crippen molar-refractivity contribution in [1.29, 1.82) is 0 Å². The first kappa shape index (κ1) is 19.5. The van der Waals surface area contributed by atoms with E-state index in [0.29, 0.717) is 11.9 Å². The monoisotopic (exact) mass is 309 g/mol. The van der Waals surface area contributed by atoms with E-state index in [2.05, 4.69) is 26.1 Å². The Balaban J connectivity index is 2.58. The van der Waals surface area contributed by atoms with Crippen LogP contribution in [0.3, 0.4) is 0 Å². The van der Waals surface area contributed by atoms with Gasteiger partial charge in [0.1, 0.15) is 0 Å². The summed E-state index contributed by atoms with van der Waals surface area (Å²) in [6.07, 6.45) is 17.2. The SMILES string of the molecule is CCCCC(C)(CCCC)C(=O)NC1CCCCCCCC1. The van der Waals surface area contributed by atoms with Gasteiger partial charge in [-0.25, -0.2) is 0 Å². The molecule has 0 heterocycles. The van der Waals surface area contributed by atoms with Crippen LogP contribution in [0.1, 0.15) is 111 Å². The Hall–Kier alpha value is -0.530. The summed E-state index contributed by atoms with van der Waals surface area (Å²) >= 11 is 0. The maximum atomic E-state index is 12.9. The molecule has 0 radical (unpaired) electrons. The minimum Gasteiger partial charge on any atom is -0.353 e. The molecule has 0 spiro atoms. The topological polar surface area (TPSA) is 29.1 Å². The van der Waals surface area contributed by atoms with E-state index in [0.717, 1.165) is 25.7 Å². The highest BCUT2D eigenvalue weighted by molar-refractivity contribution is 5.82. The van der Waals surface area contributed by atoms with Crippen molar-refractivity contribution in [3.63, 3.8) is 0 Å². The van der Waals surface area contributed by atoms with Gasteiger partial charge >= 0.3 is 0 Å². The number of carbonyl (C=O) groups is 1. The second-order valence-corrected chi connectivity index (χ2v) is 7.64. The molecule has 0 atom stereocenters. The van der Waals surface area contributed by atoms with Crippen LogP contribution in [0.2, 0.25) is 0 Å². The van der Waals surface area contributed by atoms with E-state index in [9.17, 15) is 4.79 Å². The maximum Gasteiger partial charge on any atom is 0.226 e. The lowest BCUT2D eigenvalue weighted by Gasteiger charge is -2.31. The fourth-order valence-electron chi connectivity index (χ4n) is 3.62. The highest BCUT2D eigenvalue weighted by atomic mass is 16.2. The molecular weight excluding hydrogens is 270 g/mol. The Morgan fingerprint density at radius 1 is 0.909 bits per heavy atom. The normalized spacial score (nSPS) is 18.3. The van der Waals surface area contributed by atoms with Crippen LogP contribution >= 0.6 is 0 Å². The number of unbranched alkanes of at least 4 members (excludes halogenated alkanes) is 2. The van der Waals surface area contributed by atoms with Gasteiger partial charge in [-0.2, -0.15) is 0 Å². The molecule has 1 aliphatic rings. The summed E-state index contributed by atoms with van der Waals surface area (Å²) in [7, 11) is 0. The van der Waals surface area contributed by atoms with Gasteiger partial charge in [0.2, 0.25) is 5.91 Å². The molecular formula is C20H39NO. The molecule has 1 rings (SSSR count). The number of amides is 1. The predicted molar refractivity (Wildman–Crippen MR) is 96.0 cm³/mol. The van der Waals surface area contributed by atoms with Crippen molar-refractivity contribution in [3.05, 3.63) is 0 Å². The second kappa shape index (κ2) is 11.1. The molecule has 22 heavy (non-hydrogen) atoms. The molecule has 2 heteroatoms. The number of carbonyl (C=O) groups excluding carboxylic acids is 1. The Labute approximate surface area is 138 Å². The van der Waals surface area contributed by atoms with Gasteiger partial charge in [0.25, 0.3) is 0 Å². The van der Waals surface area contributed by atoms with E-state index in [1.807, 2.05) is 0 Å². The van der Waals surface area contributed by atoms with Crippen LogP contribution in [0, 0.1) is 5.41 Å². The first-order valence-electron chi connectivity index (χ1n) is 9.93. The van der Waals surface area contributed by atoms with Gasteiger partial charge in [0, 0.05) is 11.5 Å². The fourth-order valence-corrected chi connectivity index (χ4v) is 3.62. The zero-order chi connectivity index (χ0) is 16.3. The minimum absolute atomic E-state index is 0.148. The lowest BCUT2D eigenvalue weighted by atomic mass is 9.79. The van der Waals surface area contributed by atoms with Crippen molar-refractivity contribution in [1.82, 2.24) is 5.32 Å². The Morgan fingerprint density at radius 3 is 1.82 bits per heavy atom. The number of nitrogens with one attached hydrogen (secondary N) is 1. The quantitative estimate of drug-likeness (QED) is 0.586. The zero-order valence-corrected chi connectivity index (χ0v) is 15.4. The summed E-state index contributed by atoms with van der Waals surface area (Å²) in [4.78, 5) is 12.9. The van der Waals surface area contributed by atoms with Gasteiger partial charge in [-0.05, 0) is 25.7 Å². The highest BCUT2D eigenvalue weighted by Gasteiger charge is 2.32. The highest BCUT2D eigenvalue weighted by Crippen LogP contribution is 2.31. The van der Waals surface area contributed by atoms with Crippen LogP contribution in [-0.4, -0.2) is 11.9 Å². The summed E-state index contributed by atoms with van der Waals surface area (Å²) in [5, 5.41) is 3.43. The first-order chi connectivity index (χ1) is 10.6. The lowest BCUT2D eigenvalue weighted by molar-refractivity contribution is -0.132. The molecule has 2 nitrogen and oxygen atoms in total. The molecule has 1 N–H and O–H groups in total. The Bertz CT molecular complexity index is 282. The minimum atomic E-state index is -0.148. The van der Waals surface area contributed by atoms with E-state index in [1.165, 1.54) is 64.2 Å². The van der Waals surface area contributed by atoms with Crippen molar-refractivity contribution < 1.29 is 4.79 Å². The van der Waals surface area contributed by atoms with Crippen molar-refractivity contribution in [2.45, 2.75) is 117 Å². The molecule has 130 valence electrons. The molecule has 1 aliphatic carbocycles. The molecule has 1 saturated carbocycles. The molecule has 0 unspecified atom stereocenters. The van der Waals surface area contributed by atoms with Gasteiger partial charge in [0.15, 0.2) is 0 Å². The van der Waals surface area contributed by atoms with Crippen LogP contribution in [0.5, 0.6) is 0 Å². The largest absolute Gasteiger partial charge is 0.353 e. The molecule has 1 fully saturated rings. The zero-order valence-electron chi connectivity index (χ0n) is 15.4. The smallest absolute Gasteiger partial charge is 0.226 e. The van der Waals surface area contributed by atoms with E-state index in [1.54, 1.807) is 0 Å². The molecule has 0 bridgehead atoms. The van der Waals surface area contributed by atoms with Crippen LogP contribution in [0.4, 0.5) is 0 Å². The number of hydrogen-bond acceptors (Lipinski definition) is 1. The molecule has 0 aromatic carbocycles. The van der Waals surface area contributed by atoms with Crippen LogP contribution in [0.15, 0.2) is 0 Å². The average molecular weight is 310 g/mol. The van der Waals surface area contributed by atoms with Gasteiger partial charge in [-0.15, -0.1) is 0 Å². The van der Waals surface area contributed by atoms with Gasteiger partial charge in [0.05, 0.1) is 0 Å². The molecule has 0 saturated heterocycles. The summed E-state index contributed by atoms with van der Waals surface area (Å²) in [5.41, 5.74) is -0.148. The summed E-state index contributed by atoms with van der Waals surface area (Å²) in [6, 6.07) is 0.424. The fraction of sp³-hybridized carbons (Fsp3) is 0.950.